The number of benzene rings is 1. The Morgan fingerprint density at radius 1 is 1.28 bits per heavy atom. The number of methoxy groups -OCH3 is 1. The highest BCUT2D eigenvalue weighted by Gasteiger charge is 2.23. The van der Waals surface area contributed by atoms with Gasteiger partial charge in [0.25, 0.3) is 0 Å². The van der Waals surface area contributed by atoms with E-state index >= 15 is 0 Å². The van der Waals surface area contributed by atoms with Gasteiger partial charge in [0.2, 0.25) is 15.9 Å². The van der Waals surface area contributed by atoms with Crippen molar-refractivity contribution in [2.75, 3.05) is 18.6 Å². The van der Waals surface area contributed by atoms with Gasteiger partial charge in [-0.05, 0) is 38.1 Å². The Kier molecular flexibility index (Phi) is 7.71. The van der Waals surface area contributed by atoms with Gasteiger partial charge in [0, 0.05) is 18.8 Å². The second-order valence-corrected chi connectivity index (χ2v) is 8.56. The number of rotatable bonds is 9. The van der Waals surface area contributed by atoms with Crippen molar-refractivity contribution < 1.29 is 27.5 Å². The van der Waals surface area contributed by atoms with Crippen molar-refractivity contribution >= 4 is 38.4 Å². The van der Waals surface area contributed by atoms with Gasteiger partial charge in [-0.25, -0.2) is 13.4 Å². The molecule has 0 radical (unpaired) electrons. The Balaban J connectivity index is 1.95. The fraction of sp³-hybridized carbons (Fsp3) is 0.389. The molecule has 0 aliphatic rings. The first-order valence-electron chi connectivity index (χ1n) is 8.73. The molecule has 1 amide bonds. The first-order chi connectivity index (χ1) is 13.7. The van der Waals surface area contributed by atoms with Gasteiger partial charge in [0.1, 0.15) is 18.4 Å². The van der Waals surface area contributed by atoms with Crippen LogP contribution >= 0.6 is 11.3 Å². The van der Waals surface area contributed by atoms with E-state index in [1.165, 1.54) is 61.5 Å². The molecule has 1 atom stereocenters. The van der Waals surface area contributed by atoms with E-state index in [0.717, 1.165) is 0 Å². The van der Waals surface area contributed by atoms with Crippen molar-refractivity contribution in [2.45, 2.75) is 38.3 Å². The SMILES string of the molecule is CCN(C(C)=O)c1nc(COC(=O)[C@H](C)NS(=O)(=O)c2ccc(OC)cc2)cs1. The summed E-state index contributed by atoms with van der Waals surface area (Å²) >= 11 is 1.26. The van der Waals surface area contributed by atoms with Crippen LogP contribution in [0.25, 0.3) is 0 Å². The molecule has 1 aromatic heterocycles. The van der Waals surface area contributed by atoms with Crippen LogP contribution in [-0.2, 0) is 31.0 Å². The molecule has 0 bridgehead atoms. The molecule has 0 saturated heterocycles. The number of ether oxygens (including phenoxy) is 2. The highest BCUT2D eigenvalue weighted by Crippen LogP contribution is 2.21. The maximum absolute atomic E-state index is 12.4. The molecule has 2 rings (SSSR count). The highest BCUT2D eigenvalue weighted by atomic mass is 32.2. The molecule has 9 nitrogen and oxygen atoms in total. The number of hydrogen-bond acceptors (Lipinski definition) is 8. The van der Waals surface area contributed by atoms with Crippen molar-refractivity contribution in [3.8, 4) is 5.75 Å². The Hall–Kier alpha value is -2.50. The van der Waals surface area contributed by atoms with Crippen LogP contribution < -0.4 is 14.4 Å². The number of carbonyl (C=O) groups excluding carboxylic acids is 2. The van der Waals surface area contributed by atoms with Gasteiger partial charge >= 0.3 is 5.97 Å². The van der Waals surface area contributed by atoms with Gasteiger partial charge in [0.05, 0.1) is 17.7 Å². The van der Waals surface area contributed by atoms with Gasteiger partial charge in [0.15, 0.2) is 5.13 Å². The smallest absolute Gasteiger partial charge is 0.324 e. The minimum Gasteiger partial charge on any atom is -0.497 e. The fourth-order valence-electron chi connectivity index (χ4n) is 2.35. The van der Waals surface area contributed by atoms with Gasteiger partial charge in [-0.2, -0.15) is 4.72 Å². The third kappa shape index (κ3) is 5.99. The van der Waals surface area contributed by atoms with E-state index in [0.29, 0.717) is 23.1 Å². The van der Waals surface area contributed by atoms with Crippen LogP contribution in [0.3, 0.4) is 0 Å². The number of anilines is 1. The van der Waals surface area contributed by atoms with E-state index in [-0.39, 0.29) is 17.4 Å². The lowest BCUT2D eigenvalue weighted by molar-refractivity contribution is -0.146. The molecule has 0 spiro atoms. The average Bonchev–Trinajstić information content (AvgIpc) is 3.14. The van der Waals surface area contributed by atoms with Crippen LogP contribution in [-0.4, -0.2) is 45.0 Å². The molecule has 0 fully saturated rings. The molecule has 0 aliphatic heterocycles. The van der Waals surface area contributed by atoms with Crippen LogP contribution in [0.5, 0.6) is 5.75 Å². The number of nitrogens with zero attached hydrogens (tertiary/aromatic N) is 2. The summed E-state index contributed by atoms with van der Waals surface area (Å²) in [5.41, 5.74) is 0.475. The van der Waals surface area contributed by atoms with Crippen LogP contribution in [0.1, 0.15) is 26.5 Å². The second kappa shape index (κ2) is 9.81. The summed E-state index contributed by atoms with van der Waals surface area (Å²) in [5.74, 6) is -0.354. The summed E-state index contributed by atoms with van der Waals surface area (Å²) < 4.78 is 37.2. The van der Waals surface area contributed by atoms with Crippen LogP contribution in [0.4, 0.5) is 5.13 Å². The van der Waals surface area contributed by atoms with Gasteiger partial charge < -0.3 is 9.47 Å². The predicted molar refractivity (Wildman–Crippen MR) is 108 cm³/mol. The molecule has 0 unspecified atom stereocenters. The minimum atomic E-state index is -3.90. The van der Waals surface area contributed by atoms with Crippen LogP contribution in [0, 0.1) is 0 Å². The first kappa shape index (κ1) is 22.8. The monoisotopic (exact) mass is 441 g/mol. The molecule has 29 heavy (non-hydrogen) atoms. The molecule has 1 N–H and O–H groups in total. The minimum absolute atomic E-state index is 0.00554. The van der Waals surface area contributed by atoms with Gasteiger partial charge in [-0.15, -0.1) is 11.3 Å². The zero-order valence-electron chi connectivity index (χ0n) is 16.5. The summed E-state index contributed by atoms with van der Waals surface area (Å²) in [6.45, 7) is 5.02. The second-order valence-electron chi connectivity index (χ2n) is 6.01. The molecule has 1 aromatic carbocycles. The highest BCUT2D eigenvalue weighted by molar-refractivity contribution is 7.89. The van der Waals surface area contributed by atoms with E-state index in [1.807, 2.05) is 6.92 Å². The lowest BCUT2D eigenvalue weighted by Gasteiger charge is -2.15. The predicted octanol–water partition coefficient (Wildman–Crippen LogP) is 1.93. The molecule has 11 heteroatoms. The third-order valence-corrected chi connectivity index (χ3v) is 6.35. The van der Waals surface area contributed by atoms with E-state index < -0.39 is 22.0 Å². The number of nitrogens with one attached hydrogen (secondary N) is 1. The molecule has 1 heterocycles. The van der Waals surface area contributed by atoms with Crippen molar-refractivity contribution in [1.82, 2.24) is 9.71 Å². The molecular formula is C18H23N3O6S2. The number of carbonyl (C=O) groups is 2. The zero-order valence-corrected chi connectivity index (χ0v) is 18.2. The summed E-state index contributed by atoms with van der Waals surface area (Å²) in [5, 5.41) is 2.19. The van der Waals surface area contributed by atoms with Crippen molar-refractivity contribution in [2.24, 2.45) is 0 Å². The fourth-order valence-corrected chi connectivity index (χ4v) is 4.46. The molecule has 0 aliphatic carbocycles. The number of esters is 1. The summed E-state index contributed by atoms with van der Waals surface area (Å²) in [4.78, 5) is 29.5. The maximum Gasteiger partial charge on any atom is 0.324 e. The Labute approximate surface area is 173 Å². The number of thiazole rings is 1. The topological polar surface area (TPSA) is 115 Å². The Bertz CT molecular complexity index is 956. The number of aromatic nitrogens is 1. The third-order valence-electron chi connectivity index (χ3n) is 3.88. The van der Waals surface area contributed by atoms with Crippen LogP contribution in [0.15, 0.2) is 34.5 Å². The Morgan fingerprint density at radius 3 is 2.48 bits per heavy atom. The zero-order chi connectivity index (χ0) is 21.6. The quantitative estimate of drug-likeness (QED) is 0.591. The van der Waals surface area contributed by atoms with Crippen molar-refractivity contribution in [1.29, 1.82) is 0 Å². The first-order valence-corrected chi connectivity index (χ1v) is 11.1. The number of amides is 1. The summed E-state index contributed by atoms with van der Waals surface area (Å²) in [7, 11) is -2.42. The average molecular weight is 442 g/mol. The number of sulfonamides is 1. The number of hydrogen-bond donors (Lipinski definition) is 1. The normalized spacial score (nSPS) is 12.3. The molecular weight excluding hydrogens is 418 g/mol. The Morgan fingerprint density at radius 2 is 1.93 bits per heavy atom. The van der Waals surface area contributed by atoms with Gasteiger partial charge in [-0.1, -0.05) is 0 Å². The molecule has 2 aromatic rings. The lowest BCUT2D eigenvalue weighted by Crippen LogP contribution is -2.39. The summed E-state index contributed by atoms with van der Waals surface area (Å²) in [6.07, 6.45) is 0. The van der Waals surface area contributed by atoms with E-state index in [9.17, 15) is 18.0 Å². The van der Waals surface area contributed by atoms with Crippen molar-refractivity contribution in [3.05, 3.63) is 35.3 Å². The van der Waals surface area contributed by atoms with E-state index in [4.69, 9.17) is 9.47 Å². The maximum atomic E-state index is 12.4. The van der Waals surface area contributed by atoms with E-state index in [1.54, 1.807) is 5.38 Å². The lowest BCUT2D eigenvalue weighted by atomic mass is 10.3. The van der Waals surface area contributed by atoms with Crippen LogP contribution in [0.2, 0.25) is 0 Å². The summed E-state index contributed by atoms with van der Waals surface area (Å²) in [6, 6.07) is 4.69. The van der Waals surface area contributed by atoms with Crippen molar-refractivity contribution in [3.63, 3.8) is 0 Å². The molecule has 158 valence electrons. The van der Waals surface area contributed by atoms with Gasteiger partial charge in [-0.3, -0.25) is 14.5 Å². The van der Waals surface area contributed by atoms with E-state index in [2.05, 4.69) is 9.71 Å². The standard InChI is InChI=1S/C18H23N3O6S2/c1-5-21(13(3)22)18-19-14(11-28-18)10-27-17(23)12(2)20-29(24,25)16-8-6-15(26-4)7-9-16/h6-9,11-12,20H,5,10H2,1-4H3/t12-/m0/s1. The largest absolute Gasteiger partial charge is 0.497 e. The molecule has 0 saturated carbocycles.